The summed E-state index contributed by atoms with van der Waals surface area (Å²) in [5, 5.41) is 4.77. The number of rotatable bonds is 4. The average molecular weight is 244 g/mol. The van der Waals surface area contributed by atoms with Crippen LogP contribution in [-0.4, -0.2) is 26.6 Å². The van der Waals surface area contributed by atoms with Crippen LogP contribution in [0, 0.1) is 0 Å². The number of sulfonamides is 1. The summed E-state index contributed by atoms with van der Waals surface area (Å²) in [5.74, 6) is 0.373. The quantitative estimate of drug-likeness (QED) is 0.821. The molecule has 1 aromatic heterocycles. The van der Waals surface area contributed by atoms with Crippen LogP contribution in [0.2, 0.25) is 0 Å². The molecule has 1 heterocycles. The first-order valence-corrected chi connectivity index (χ1v) is 6.30. The third-order valence-electron chi connectivity index (χ3n) is 2.10. The molecule has 0 amide bonds. The lowest BCUT2D eigenvalue weighted by Gasteiger charge is -2.09. The molecule has 0 spiro atoms. The highest BCUT2D eigenvalue weighted by molar-refractivity contribution is 7.89. The molecule has 0 unspecified atom stereocenters. The van der Waals surface area contributed by atoms with E-state index in [4.69, 9.17) is 14.6 Å². The summed E-state index contributed by atoms with van der Waals surface area (Å²) in [5.41, 5.74) is 0. The van der Waals surface area contributed by atoms with Crippen LogP contribution in [0.3, 0.4) is 0 Å². The van der Waals surface area contributed by atoms with Gasteiger partial charge in [0.1, 0.15) is 0 Å². The Kier molecular flexibility index (Phi) is 2.73. The fourth-order valence-electron chi connectivity index (χ4n) is 1.18. The van der Waals surface area contributed by atoms with Gasteiger partial charge in [-0.25, -0.2) is 13.6 Å². The number of hydrogen-bond donors (Lipinski definition) is 1. The van der Waals surface area contributed by atoms with Crippen molar-refractivity contribution in [3.05, 3.63) is 12.1 Å². The van der Waals surface area contributed by atoms with Crippen molar-refractivity contribution in [2.75, 3.05) is 7.11 Å². The van der Waals surface area contributed by atoms with Gasteiger partial charge >= 0.3 is 0 Å². The highest BCUT2D eigenvalue weighted by Crippen LogP contribution is 2.31. The average Bonchev–Trinajstić information content (AvgIpc) is 3.01. The molecule has 2 N–H and O–H groups in total. The van der Waals surface area contributed by atoms with Crippen molar-refractivity contribution in [3.8, 4) is 11.6 Å². The molecule has 1 aromatic rings. The fourth-order valence-corrected chi connectivity index (χ4v) is 1.80. The minimum atomic E-state index is -3.90. The summed E-state index contributed by atoms with van der Waals surface area (Å²) >= 11 is 0. The molecule has 0 atom stereocenters. The highest BCUT2D eigenvalue weighted by atomic mass is 32.2. The molecule has 1 aliphatic rings. The van der Waals surface area contributed by atoms with E-state index in [1.165, 1.54) is 19.2 Å². The first kappa shape index (κ1) is 11.2. The molecule has 1 saturated carbocycles. The Labute approximate surface area is 93.4 Å². The van der Waals surface area contributed by atoms with Crippen LogP contribution in [0.15, 0.2) is 17.2 Å². The number of nitrogens with two attached hydrogens (primary N) is 1. The Balaban J connectivity index is 2.42. The largest absolute Gasteiger partial charge is 0.487 e. The van der Waals surface area contributed by atoms with Crippen LogP contribution < -0.4 is 14.6 Å². The van der Waals surface area contributed by atoms with Gasteiger partial charge in [-0.05, 0) is 18.9 Å². The lowest BCUT2D eigenvalue weighted by molar-refractivity contribution is 0.289. The van der Waals surface area contributed by atoms with E-state index in [0.717, 1.165) is 12.8 Å². The van der Waals surface area contributed by atoms with Crippen molar-refractivity contribution < 1.29 is 17.9 Å². The first-order chi connectivity index (χ1) is 7.50. The Hall–Kier alpha value is -1.34. The number of aromatic nitrogens is 1. The molecule has 88 valence electrons. The minimum Gasteiger partial charge on any atom is -0.487 e. The van der Waals surface area contributed by atoms with Gasteiger partial charge in [0.2, 0.25) is 10.9 Å². The summed E-state index contributed by atoms with van der Waals surface area (Å²) in [6.45, 7) is 0. The third-order valence-corrected chi connectivity index (χ3v) is 2.93. The summed E-state index contributed by atoms with van der Waals surface area (Å²) in [7, 11) is -2.50. The van der Waals surface area contributed by atoms with Crippen LogP contribution in [-0.2, 0) is 10.0 Å². The van der Waals surface area contributed by atoms with Crippen LogP contribution in [0.1, 0.15) is 12.8 Å². The molecule has 0 bridgehead atoms. The lowest BCUT2D eigenvalue weighted by Crippen LogP contribution is -2.16. The van der Waals surface area contributed by atoms with Crippen LogP contribution in [0.5, 0.6) is 11.6 Å². The minimum absolute atomic E-state index is 0.0793. The maximum absolute atomic E-state index is 11.3. The van der Waals surface area contributed by atoms with Gasteiger partial charge in [-0.15, -0.1) is 0 Å². The SMILES string of the molecule is COc1ccc(OC2CC2)c(S(N)(=O)=O)n1. The van der Waals surface area contributed by atoms with E-state index in [2.05, 4.69) is 4.98 Å². The molecule has 7 heteroatoms. The van der Waals surface area contributed by atoms with Crippen molar-refractivity contribution in [2.24, 2.45) is 5.14 Å². The molecule has 16 heavy (non-hydrogen) atoms. The molecular formula is C9H12N2O4S. The lowest BCUT2D eigenvalue weighted by atomic mass is 10.4. The number of methoxy groups -OCH3 is 1. The fraction of sp³-hybridized carbons (Fsp3) is 0.444. The zero-order valence-electron chi connectivity index (χ0n) is 8.71. The monoisotopic (exact) mass is 244 g/mol. The van der Waals surface area contributed by atoms with Gasteiger partial charge in [0.15, 0.2) is 5.75 Å². The molecule has 0 aliphatic heterocycles. The summed E-state index contributed by atoms with van der Waals surface area (Å²) in [4.78, 5) is 3.78. The zero-order valence-corrected chi connectivity index (χ0v) is 9.53. The van der Waals surface area contributed by atoms with Gasteiger partial charge in [0.25, 0.3) is 10.0 Å². The molecule has 0 radical (unpaired) electrons. The number of hydrogen-bond acceptors (Lipinski definition) is 5. The van der Waals surface area contributed by atoms with Crippen molar-refractivity contribution in [1.29, 1.82) is 0 Å². The Morgan fingerprint density at radius 1 is 1.44 bits per heavy atom. The maximum Gasteiger partial charge on any atom is 0.259 e. The van der Waals surface area contributed by atoms with Crippen molar-refractivity contribution >= 4 is 10.0 Å². The van der Waals surface area contributed by atoms with E-state index in [0.29, 0.717) is 0 Å². The number of ether oxygens (including phenoxy) is 2. The summed E-state index contributed by atoms with van der Waals surface area (Å²) in [6.07, 6.45) is 1.93. The predicted molar refractivity (Wildman–Crippen MR) is 55.8 cm³/mol. The molecule has 1 aliphatic carbocycles. The van der Waals surface area contributed by atoms with Gasteiger partial charge in [-0.1, -0.05) is 0 Å². The van der Waals surface area contributed by atoms with E-state index >= 15 is 0 Å². The zero-order chi connectivity index (χ0) is 11.8. The van der Waals surface area contributed by atoms with Gasteiger partial charge < -0.3 is 9.47 Å². The highest BCUT2D eigenvalue weighted by Gasteiger charge is 2.27. The standard InChI is InChI=1S/C9H12N2O4S/c1-14-8-5-4-7(15-6-2-3-6)9(11-8)16(10,12)13/h4-6H,2-3H2,1H3,(H2,10,12,13). The molecule has 6 nitrogen and oxygen atoms in total. The second-order valence-corrected chi connectivity index (χ2v) is 5.00. The van der Waals surface area contributed by atoms with E-state index in [9.17, 15) is 8.42 Å². The Morgan fingerprint density at radius 2 is 2.12 bits per heavy atom. The second-order valence-electron chi connectivity index (χ2n) is 3.52. The Bertz CT molecular complexity index is 496. The van der Waals surface area contributed by atoms with E-state index in [-0.39, 0.29) is 22.8 Å². The number of pyridine rings is 1. The third kappa shape index (κ3) is 2.42. The molecular weight excluding hydrogens is 232 g/mol. The number of nitrogens with zero attached hydrogens (tertiary/aromatic N) is 1. The van der Waals surface area contributed by atoms with E-state index in [1.54, 1.807) is 0 Å². The van der Waals surface area contributed by atoms with Crippen molar-refractivity contribution in [1.82, 2.24) is 4.98 Å². The smallest absolute Gasteiger partial charge is 0.259 e. The van der Waals surface area contributed by atoms with Crippen LogP contribution >= 0.6 is 0 Å². The van der Waals surface area contributed by atoms with Gasteiger partial charge in [0, 0.05) is 6.07 Å². The molecule has 1 fully saturated rings. The predicted octanol–water partition coefficient (Wildman–Crippen LogP) is 0.279. The number of primary sulfonamides is 1. The van der Waals surface area contributed by atoms with Crippen LogP contribution in [0.4, 0.5) is 0 Å². The molecule has 0 saturated heterocycles. The van der Waals surface area contributed by atoms with Crippen molar-refractivity contribution in [3.63, 3.8) is 0 Å². The van der Waals surface area contributed by atoms with E-state index < -0.39 is 10.0 Å². The van der Waals surface area contributed by atoms with Gasteiger partial charge in [-0.2, -0.15) is 4.98 Å². The Morgan fingerprint density at radius 3 is 2.62 bits per heavy atom. The van der Waals surface area contributed by atoms with Gasteiger partial charge in [0.05, 0.1) is 13.2 Å². The van der Waals surface area contributed by atoms with Crippen LogP contribution in [0.25, 0.3) is 0 Å². The van der Waals surface area contributed by atoms with E-state index in [1.807, 2.05) is 0 Å². The summed E-state index contributed by atoms with van der Waals surface area (Å²) < 4.78 is 32.9. The van der Waals surface area contributed by atoms with Crippen molar-refractivity contribution in [2.45, 2.75) is 24.0 Å². The normalized spacial score (nSPS) is 15.9. The van der Waals surface area contributed by atoms with Gasteiger partial charge in [-0.3, -0.25) is 0 Å². The second kappa shape index (κ2) is 3.91. The first-order valence-electron chi connectivity index (χ1n) is 4.75. The summed E-state index contributed by atoms with van der Waals surface area (Å²) in [6, 6.07) is 3.04. The molecule has 2 rings (SSSR count). The molecule has 0 aromatic carbocycles. The topological polar surface area (TPSA) is 91.5 Å². The maximum atomic E-state index is 11.3.